The molecular formula is C64H121NO5. The first kappa shape index (κ1) is 68.1. The molecule has 0 rings (SSSR count). The lowest BCUT2D eigenvalue weighted by Crippen LogP contribution is -2.45. The Morgan fingerprint density at radius 3 is 1.13 bits per heavy atom. The van der Waals surface area contributed by atoms with Crippen LogP contribution in [0.25, 0.3) is 0 Å². The topological polar surface area (TPSA) is 95.9 Å². The monoisotopic (exact) mass is 984 g/mol. The summed E-state index contributed by atoms with van der Waals surface area (Å²) in [7, 11) is 0. The third-order valence-corrected chi connectivity index (χ3v) is 14.4. The van der Waals surface area contributed by atoms with Crippen molar-refractivity contribution in [3.8, 4) is 0 Å². The number of hydrogen-bond donors (Lipinski definition) is 3. The molecular weight excluding hydrogens is 863 g/mol. The third-order valence-electron chi connectivity index (χ3n) is 14.4. The molecule has 6 heteroatoms. The van der Waals surface area contributed by atoms with Gasteiger partial charge in [0.1, 0.15) is 0 Å². The number of aliphatic hydroxyl groups excluding tert-OH is 2. The van der Waals surface area contributed by atoms with Gasteiger partial charge in [-0.2, -0.15) is 0 Å². The highest BCUT2D eigenvalue weighted by molar-refractivity contribution is 5.76. The van der Waals surface area contributed by atoms with Crippen LogP contribution in [0, 0.1) is 0 Å². The number of rotatable bonds is 58. The summed E-state index contributed by atoms with van der Waals surface area (Å²) in [5.41, 5.74) is 0. The number of carbonyl (C=O) groups is 2. The van der Waals surface area contributed by atoms with Gasteiger partial charge in [-0.05, 0) is 83.5 Å². The summed E-state index contributed by atoms with van der Waals surface area (Å²) in [5.74, 6) is -0.0341. The van der Waals surface area contributed by atoms with Crippen LogP contribution in [0.4, 0.5) is 0 Å². The van der Waals surface area contributed by atoms with Crippen LogP contribution in [0.5, 0.6) is 0 Å². The molecule has 0 spiro atoms. The van der Waals surface area contributed by atoms with Crippen LogP contribution in [0.2, 0.25) is 0 Å². The zero-order chi connectivity index (χ0) is 50.7. The molecule has 0 bridgehead atoms. The number of aliphatic hydroxyl groups is 2. The number of esters is 1. The van der Waals surface area contributed by atoms with Gasteiger partial charge in [-0.25, -0.2) is 0 Å². The quantitative estimate of drug-likeness (QED) is 0.0321. The summed E-state index contributed by atoms with van der Waals surface area (Å²) in [4.78, 5) is 24.5. The molecule has 0 radical (unpaired) electrons. The van der Waals surface area contributed by atoms with Gasteiger partial charge in [-0.15, -0.1) is 0 Å². The minimum atomic E-state index is -0.667. The van der Waals surface area contributed by atoms with E-state index in [-0.39, 0.29) is 18.5 Å². The lowest BCUT2D eigenvalue weighted by molar-refractivity contribution is -0.143. The number of nitrogens with one attached hydrogen (secondary N) is 1. The molecule has 6 nitrogen and oxygen atoms in total. The van der Waals surface area contributed by atoms with Gasteiger partial charge in [0.15, 0.2) is 0 Å². The van der Waals surface area contributed by atoms with E-state index in [4.69, 9.17) is 4.74 Å². The van der Waals surface area contributed by atoms with E-state index in [1.807, 2.05) is 0 Å². The Balaban J connectivity index is 3.38. The molecule has 1 amide bonds. The highest BCUT2D eigenvalue weighted by Gasteiger charge is 2.20. The lowest BCUT2D eigenvalue weighted by atomic mass is 10.0. The van der Waals surface area contributed by atoms with Gasteiger partial charge in [0, 0.05) is 12.8 Å². The lowest BCUT2D eigenvalue weighted by Gasteiger charge is -2.22. The van der Waals surface area contributed by atoms with Crippen molar-refractivity contribution in [1.82, 2.24) is 5.32 Å². The van der Waals surface area contributed by atoms with Crippen molar-refractivity contribution in [2.45, 2.75) is 347 Å². The normalized spacial score (nSPS) is 12.8. The van der Waals surface area contributed by atoms with E-state index in [1.165, 1.54) is 250 Å². The number of unbranched alkanes of at least 4 members (excludes halogenated alkanes) is 41. The number of amides is 1. The second-order valence-corrected chi connectivity index (χ2v) is 21.4. The third kappa shape index (κ3) is 55.4. The van der Waals surface area contributed by atoms with Gasteiger partial charge in [0.05, 0.1) is 25.4 Å². The van der Waals surface area contributed by atoms with Crippen LogP contribution >= 0.6 is 0 Å². The highest BCUT2D eigenvalue weighted by atomic mass is 16.5. The van der Waals surface area contributed by atoms with Gasteiger partial charge >= 0.3 is 5.97 Å². The minimum absolute atomic E-state index is 0.00773. The number of hydrogen-bond acceptors (Lipinski definition) is 5. The first-order chi connectivity index (χ1) is 34.5. The standard InChI is InChI=1S/C64H121NO5/c1-3-5-7-9-11-13-15-16-17-18-24-28-31-34-38-42-46-50-54-58-64(69)70-59-55-51-47-43-39-35-32-29-26-23-21-19-20-22-25-27-30-33-37-41-45-49-53-57-63(68)65-61(60-66)62(67)56-52-48-44-40-36-14-12-10-8-6-4-2/h11,13,16-17,22,25,61-62,66-67H,3-10,12,14-15,18-21,23-24,26-60H2,1-2H3,(H,65,68)/b13-11-,17-16-,25-22-. The Bertz CT molecular complexity index is 1130. The van der Waals surface area contributed by atoms with Crippen LogP contribution in [-0.2, 0) is 14.3 Å². The average Bonchev–Trinajstić information content (AvgIpc) is 3.36. The van der Waals surface area contributed by atoms with Crippen LogP contribution < -0.4 is 5.32 Å². The fraction of sp³-hybridized carbons (Fsp3) is 0.875. The fourth-order valence-corrected chi connectivity index (χ4v) is 9.61. The molecule has 70 heavy (non-hydrogen) atoms. The van der Waals surface area contributed by atoms with Gasteiger partial charge in [0.2, 0.25) is 5.91 Å². The SMILES string of the molecule is CCCCC/C=C\C/C=C\CCCCCCCCCCCC(=O)OCCCCCCCCCCCCCC/C=C\CCCCCCCCCC(=O)NC(CO)C(O)CCCCCCCCCCCCC. The van der Waals surface area contributed by atoms with E-state index >= 15 is 0 Å². The molecule has 0 aromatic heterocycles. The van der Waals surface area contributed by atoms with Crippen LogP contribution in [0.15, 0.2) is 36.5 Å². The predicted octanol–water partition coefficient (Wildman–Crippen LogP) is 19.6. The molecule has 3 N–H and O–H groups in total. The second kappa shape index (κ2) is 59.6. The molecule has 0 heterocycles. The summed E-state index contributed by atoms with van der Waals surface area (Å²) in [6.45, 7) is 4.92. The largest absolute Gasteiger partial charge is 0.466 e. The Hall–Kier alpha value is -1.92. The maximum Gasteiger partial charge on any atom is 0.305 e. The van der Waals surface area contributed by atoms with Gasteiger partial charge < -0.3 is 20.3 Å². The highest BCUT2D eigenvalue weighted by Crippen LogP contribution is 2.17. The Kier molecular flexibility index (Phi) is 58.0. The molecule has 412 valence electrons. The van der Waals surface area contributed by atoms with Crippen molar-refractivity contribution in [3.63, 3.8) is 0 Å². The molecule has 0 aromatic rings. The van der Waals surface area contributed by atoms with E-state index < -0.39 is 12.1 Å². The van der Waals surface area contributed by atoms with Crippen molar-refractivity contribution in [3.05, 3.63) is 36.5 Å². The molecule has 2 atom stereocenters. The molecule has 0 saturated carbocycles. The van der Waals surface area contributed by atoms with E-state index in [9.17, 15) is 19.8 Å². The summed E-state index contributed by atoms with van der Waals surface area (Å²) in [6, 6.07) is -0.545. The second-order valence-electron chi connectivity index (χ2n) is 21.4. The molecule has 0 aliphatic rings. The maximum atomic E-state index is 12.4. The van der Waals surface area contributed by atoms with E-state index in [2.05, 4.69) is 55.6 Å². The maximum absolute atomic E-state index is 12.4. The summed E-state index contributed by atoms with van der Waals surface area (Å²) < 4.78 is 5.50. The first-order valence-electron chi connectivity index (χ1n) is 31.2. The minimum Gasteiger partial charge on any atom is -0.466 e. The zero-order valence-electron chi connectivity index (χ0n) is 47.0. The first-order valence-corrected chi connectivity index (χ1v) is 31.2. The molecule has 0 aliphatic heterocycles. The van der Waals surface area contributed by atoms with Crippen LogP contribution in [0.1, 0.15) is 335 Å². The summed E-state index contributed by atoms with van der Waals surface area (Å²) >= 11 is 0. The predicted molar refractivity (Wildman–Crippen MR) is 306 cm³/mol. The van der Waals surface area contributed by atoms with Gasteiger partial charge in [-0.3, -0.25) is 9.59 Å². The zero-order valence-corrected chi connectivity index (χ0v) is 47.0. The number of allylic oxidation sites excluding steroid dienone is 6. The smallest absolute Gasteiger partial charge is 0.305 e. The Morgan fingerprint density at radius 1 is 0.400 bits per heavy atom. The van der Waals surface area contributed by atoms with Crippen LogP contribution in [0.3, 0.4) is 0 Å². The summed E-state index contributed by atoms with van der Waals surface area (Å²) in [6.07, 6.45) is 74.4. The molecule has 2 unspecified atom stereocenters. The van der Waals surface area contributed by atoms with Crippen molar-refractivity contribution in [1.29, 1.82) is 0 Å². The Labute approximate surface area is 436 Å². The molecule has 0 saturated heterocycles. The van der Waals surface area contributed by atoms with Gasteiger partial charge in [0.25, 0.3) is 0 Å². The van der Waals surface area contributed by atoms with Crippen molar-refractivity contribution >= 4 is 11.9 Å². The molecule has 0 fully saturated rings. The van der Waals surface area contributed by atoms with E-state index in [0.29, 0.717) is 25.9 Å². The van der Waals surface area contributed by atoms with E-state index in [1.54, 1.807) is 0 Å². The number of ether oxygens (including phenoxy) is 1. The number of carbonyl (C=O) groups excluding carboxylic acids is 2. The van der Waals surface area contributed by atoms with Gasteiger partial charge in [-0.1, -0.05) is 275 Å². The van der Waals surface area contributed by atoms with E-state index in [0.717, 1.165) is 51.4 Å². The fourth-order valence-electron chi connectivity index (χ4n) is 9.61. The van der Waals surface area contributed by atoms with Crippen molar-refractivity contribution < 1.29 is 24.5 Å². The Morgan fingerprint density at radius 2 is 0.714 bits per heavy atom. The van der Waals surface area contributed by atoms with Crippen LogP contribution in [-0.4, -0.2) is 47.4 Å². The summed E-state index contributed by atoms with van der Waals surface area (Å²) in [5, 5.41) is 23.2. The molecule has 0 aliphatic carbocycles. The van der Waals surface area contributed by atoms with Crippen molar-refractivity contribution in [2.75, 3.05) is 13.2 Å². The average molecular weight is 985 g/mol. The van der Waals surface area contributed by atoms with Crippen molar-refractivity contribution in [2.24, 2.45) is 0 Å². The molecule has 0 aromatic carbocycles.